The number of rotatable bonds is 8. The number of aliphatic hydroxyl groups excluding tert-OH is 4. The number of hydrogen-bond acceptors (Lipinski definition) is 7. The van der Waals surface area contributed by atoms with Gasteiger partial charge in [0.15, 0.2) is 0 Å². The Balaban J connectivity index is 1.60. The molecule has 180 valence electrons. The molecule has 0 radical (unpaired) electrons. The quantitative estimate of drug-likeness (QED) is 0.393. The molecule has 5 N–H and O–H groups in total. The Labute approximate surface area is 194 Å². The van der Waals surface area contributed by atoms with Crippen LogP contribution in [0.1, 0.15) is 44.6 Å². The third-order valence-corrected chi connectivity index (χ3v) is 7.71. The molecule has 2 unspecified atom stereocenters. The van der Waals surface area contributed by atoms with Crippen molar-refractivity contribution in [2.24, 2.45) is 11.8 Å². The Hall–Kier alpha value is -1.16. The molecule has 0 aromatic heterocycles. The number of nitrogens with one attached hydrogen (secondary N) is 1. The van der Waals surface area contributed by atoms with E-state index in [-0.39, 0.29) is 11.8 Å². The number of benzene rings is 1. The summed E-state index contributed by atoms with van der Waals surface area (Å²) < 4.78 is 5.78. The zero-order valence-electron chi connectivity index (χ0n) is 18.8. The van der Waals surface area contributed by atoms with Gasteiger partial charge in [-0.2, -0.15) is 0 Å². The molecule has 7 nitrogen and oxygen atoms in total. The fourth-order valence-corrected chi connectivity index (χ4v) is 5.61. The van der Waals surface area contributed by atoms with E-state index in [9.17, 15) is 25.2 Å². The molecule has 32 heavy (non-hydrogen) atoms. The maximum Gasteiger partial charge on any atom is 0.223 e. The van der Waals surface area contributed by atoms with E-state index >= 15 is 0 Å². The van der Waals surface area contributed by atoms with Crippen LogP contribution >= 0.6 is 11.8 Å². The fraction of sp³-hybridized carbons (Fsp3) is 0.708. The van der Waals surface area contributed by atoms with Gasteiger partial charge in [-0.1, -0.05) is 43.2 Å². The van der Waals surface area contributed by atoms with Crippen LogP contribution in [0.5, 0.6) is 0 Å². The van der Waals surface area contributed by atoms with Gasteiger partial charge in [-0.05, 0) is 50.3 Å². The van der Waals surface area contributed by atoms with Gasteiger partial charge >= 0.3 is 0 Å². The van der Waals surface area contributed by atoms with Crippen molar-refractivity contribution in [2.75, 3.05) is 6.26 Å². The summed E-state index contributed by atoms with van der Waals surface area (Å²) >= 11 is 1.21. The van der Waals surface area contributed by atoms with Crippen LogP contribution in [0.2, 0.25) is 0 Å². The highest BCUT2D eigenvalue weighted by Crippen LogP contribution is 2.33. The minimum absolute atomic E-state index is 0.154. The van der Waals surface area contributed by atoms with Crippen LogP contribution in [0.25, 0.3) is 0 Å². The van der Waals surface area contributed by atoms with Crippen molar-refractivity contribution in [1.82, 2.24) is 5.32 Å². The molecule has 1 amide bonds. The smallest absolute Gasteiger partial charge is 0.223 e. The molecule has 1 aliphatic heterocycles. The molecule has 2 aliphatic rings. The zero-order valence-corrected chi connectivity index (χ0v) is 19.7. The Bertz CT molecular complexity index is 718. The maximum atomic E-state index is 13.1. The van der Waals surface area contributed by atoms with Gasteiger partial charge in [0, 0.05) is 5.92 Å². The molecule has 3 rings (SSSR count). The first-order valence-electron chi connectivity index (χ1n) is 11.6. The number of carbonyl (C=O) groups excluding carboxylic acids is 1. The normalized spacial score (nSPS) is 35.1. The number of aryl methyl sites for hydroxylation is 1. The number of carbonyl (C=O) groups is 1. The molecule has 1 aromatic carbocycles. The number of hydrogen-bond donors (Lipinski definition) is 5. The summed E-state index contributed by atoms with van der Waals surface area (Å²) in [6.45, 7) is 1.52. The van der Waals surface area contributed by atoms with Gasteiger partial charge in [0.2, 0.25) is 5.91 Å². The molecule has 1 aromatic rings. The lowest BCUT2D eigenvalue weighted by Crippen LogP contribution is -2.65. The van der Waals surface area contributed by atoms with Gasteiger partial charge in [0.05, 0.1) is 12.1 Å². The first kappa shape index (κ1) is 25.5. The second kappa shape index (κ2) is 11.8. The van der Waals surface area contributed by atoms with E-state index in [1.165, 1.54) is 24.2 Å². The van der Waals surface area contributed by atoms with Gasteiger partial charge in [0.25, 0.3) is 0 Å². The molecule has 1 heterocycles. The van der Waals surface area contributed by atoms with E-state index in [1.807, 2.05) is 18.2 Å². The lowest BCUT2D eigenvalue weighted by atomic mass is 9.78. The summed E-state index contributed by atoms with van der Waals surface area (Å²) in [4.78, 5) is 13.1. The Morgan fingerprint density at radius 2 is 1.88 bits per heavy atom. The highest BCUT2D eigenvalue weighted by Gasteiger charge is 2.48. The van der Waals surface area contributed by atoms with Gasteiger partial charge in [-0.15, -0.1) is 11.8 Å². The summed E-state index contributed by atoms with van der Waals surface area (Å²) in [5, 5.41) is 44.0. The SMILES string of the molecule is CS[C@H]1O[C@H]([C@H](NC(=O)C2CCCC(CCc3ccccc3)C2)[C@H](C)O)[C@H](O)[C@H](O)[C@H]1O. The third-order valence-electron chi connectivity index (χ3n) is 6.86. The molecule has 0 spiro atoms. The van der Waals surface area contributed by atoms with Crippen LogP contribution in [0.4, 0.5) is 0 Å². The van der Waals surface area contributed by atoms with E-state index in [0.717, 1.165) is 38.5 Å². The largest absolute Gasteiger partial charge is 0.391 e. The van der Waals surface area contributed by atoms with Crippen LogP contribution in [0.15, 0.2) is 30.3 Å². The van der Waals surface area contributed by atoms with Crippen molar-refractivity contribution in [2.45, 2.75) is 87.4 Å². The van der Waals surface area contributed by atoms with Gasteiger partial charge in [-0.25, -0.2) is 0 Å². The Kier molecular flexibility index (Phi) is 9.40. The monoisotopic (exact) mass is 467 g/mol. The maximum absolute atomic E-state index is 13.1. The first-order valence-corrected chi connectivity index (χ1v) is 12.9. The molecule has 0 bridgehead atoms. The molecular formula is C24H37NO6S. The summed E-state index contributed by atoms with van der Waals surface area (Å²) in [5.74, 6) is 0.162. The summed E-state index contributed by atoms with van der Waals surface area (Å²) in [5.41, 5.74) is 0.550. The average Bonchev–Trinajstić information content (AvgIpc) is 2.81. The van der Waals surface area contributed by atoms with Gasteiger partial charge in [-0.3, -0.25) is 4.79 Å². The molecule has 1 saturated carbocycles. The minimum Gasteiger partial charge on any atom is -0.391 e. The van der Waals surface area contributed by atoms with Crippen molar-refractivity contribution in [3.05, 3.63) is 35.9 Å². The molecule has 1 aliphatic carbocycles. The molecular weight excluding hydrogens is 430 g/mol. The highest BCUT2D eigenvalue weighted by atomic mass is 32.2. The Morgan fingerprint density at radius 3 is 2.53 bits per heavy atom. The molecule has 8 heteroatoms. The van der Waals surface area contributed by atoms with Crippen LogP contribution in [-0.4, -0.2) is 74.6 Å². The average molecular weight is 468 g/mol. The van der Waals surface area contributed by atoms with Crippen molar-refractivity contribution < 1.29 is 30.0 Å². The fourth-order valence-electron chi connectivity index (χ4n) is 4.93. The van der Waals surface area contributed by atoms with Gasteiger partial charge < -0.3 is 30.5 Å². The molecule has 9 atom stereocenters. The Morgan fingerprint density at radius 1 is 1.16 bits per heavy atom. The number of thioether (sulfide) groups is 1. The van der Waals surface area contributed by atoms with E-state index in [1.54, 1.807) is 6.26 Å². The van der Waals surface area contributed by atoms with Crippen molar-refractivity contribution in [3.8, 4) is 0 Å². The van der Waals surface area contributed by atoms with E-state index < -0.39 is 42.0 Å². The highest BCUT2D eigenvalue weighted by molar-refractivity contribution is 7.99. The predicted octanol–water partition coefficient (Wildman–Crippen LogP) is 1.46. The van der Waals surface area contributed by atoms with E-state index in [2.05, 4.69) is 17.4 Å². The lowest BCUT2D eigenvalue weighted by Gasteiger charge is -2.44. The van der Waals surface area contributed by atoms with Gasteiger partial charge in [0.1, 0.15) is 29.9 Å². The lowest BCUT2D eigenvalue weighted by molar-refractivity contribution is -0.211. The molecule has 1 saturated heterocycles. The minimum atomic E-state index is -1.42. The number of ether oxygens (including phenoxy) is 1. The van der Waals surface area contributed by atoms with Crippen LogP contribution in [0.3, 0.4) is 0 Å². The van der Waals surface area contributed by atoms with Crippen molar-refractivity contribution in [1.29, 1.82) is 0 Å². The number of aliphatic hydroxyl groups is 4. The zero-order chi connectivity index (χ0) is 23.3. The predicted molar refractivity (Wildman–Crippen MR) is 124 cm³/mol. The summed E-state index contributed by atoms with van der Waals surface area (Å²) in [7, 11) is 0. The topological polar surface area (TPSA) is 119 Å². The molecule has 2 fully saturated rings. The van der Waals surface area contributed by atoms with Crippen LogP contribution in [0, 0.1) is 11.8 Å². The van der Waals surface area contributed by atoms with Crippen LogP contribution < -0.4 is 5.32 Å². The number of amides is 1. The first-order chi connectivity index (χ1) is 15.3. The third kappa shape index (κ3) is 6.24. The van der Waals surface area contributed by atoms with Crippen molar-refractivity contribution in [3.63, 3.8) is 0 Å². The van der Waals surface area contributed by atoms with Crippen LogP contribution in [-0.2, 0) is 16.0 Å². The second-order valence-electron chi connectivity index (χ2n) is 9.21. The standard InChI is InChI=1S/C24H37NO6S/c1-14(26)18(22-20(28)19(27)21(29)24(31-22)32-2)25-23(30)17-10-6-9-16(13-17)12-11-15-7-4-3-5-8-15/h3-5,7-8,14,16-22,24,26-29H,6,9-13H2,1-2H3,(H,25,30)/t14-,16?,17?,18+,19-,20+,21+,22+,24+/m0/s1. The summed E-state index contributed by atoms with van der Waals surface area (Å²) in [6, 6.07) is 9.46. The second-order valence-corrected chi connectivity index (χ2v) is 10.1. The van der Waals surface area contributed by atoms with E-state index in [0.29, 0.717) is 5.92 Å². The van der Waals surface area contributed by atoms with E-state index in [4.69, 9.17) is 4.74 Å². The van der Waals surface area contributed by atoms with Crippen molar-refractivity contribution >= 4 is 17.7 Å². The summed E-state index contributed by atoms with van der Waals surface area (Å²) in [6.07, 6.45) is 1.35.